The SMILES string of the molecule is NCc1cc(-c2cccc(F)c2F)ccc1Cl. The Balaban J connectivity index is 2.57. The van der Waals surface area contributed by atoms with Crippen LogP contribution in [0.1, 0.15) is 5.56 Å². The standard InChI is InChI=1S/C13H10ClF2N/c14-11-5-4-8(6-9(11)7-17)10-2-1-3-12(15)13(10)16/h1-6H,7,17H2. The fourth-order valence-electron chi connectivity index (χ4n) is 1.63. The van der Waals surface area contributed by atoms with E-state index < -0.39 is 11.6 Å². The van der Waals surface area contributed by atoms with Crippen LogP contribution in [0, 0.1) is 11.6 Å². The Morgan fingerprint density at radius 2 is 1.88 bits per heavy atom. The molecule has 0 aliphatic carbocycles. The summed E-state index contributed by atoms with van der Waals surface area (Å²) >= 11 is 5.91. The Hall–Kier alpha value is -1.45. The third-order valence-corrected chi connectivity index (χ3v) is 2.90. The molecule has 0 atom stereocenters. The summed E-state index contributed by atoms with van der Waals surface area (Å²) in [6, 6.07) is 8.99. The van der Waals surface area contributed by atoms with Crippen LogP contribution < -0.4 is 5.73 Å². The molecule has 4 heteroatoms. The highest BCUT2D eigenvalue weighted by atomic mass is 35.5. The first-order valence-corrected chi connectivity index (χ1v) is 5.44. The van der Waals surface area contributed by atoms with Gasteiger partial charge in [-0.15, -0.1) is 0 Å². The minimum Gasteiger partial charge on any atom is -0.326 e. The van der Waals surface area contributed by atoms with Crippen molar-refractivity contribution in [1.29, 1.82) is 0 Å². The fourth-order valence-corrected chi connectivity index (χ4v) is 1.82. The molecule has 0 unspecified atom stereocenters. The summed E-state index contributed by atoms with van der Waals surface area (Å²) in [7, 11) is 0. The Morgan fingerprint density at radius 1 is 1.12 bits per heavy atom. The molecule has 0 aromatic heterocycles. The molecule has 0 bridgehead atoms. The largest absolute Gasteiger partial charge is 0.326 e. The number of hydrogen-bond acceptors (Lipinski definition) is 1. The van der Waals surface area contributed by atoms with Crippen LogP contribution in [0.5, 0.6) is 0 Å². The molecule has 0 radical (unpaired) electrons. The zero-order valence-corrected chi connectivity index (χ0v) is 9.64. The van der Waals surface area contributed by atoms with Gasteiger partial charge in [0.05, 0.1) is 0 Å². The van der Waals surface area contributed by atoms with Gasteiger partial charge in [-0.1, -0.05) is 29.8 Å². The first-order chi connectivity index (χ1) is 8.13. The molecule has 17 heavy (non-hydrogen) atoms. The van der Waals surface area contributed by atoms with Gasteiger partial charge >= 0.3 is 0 Å². The van der Waals surface area contributed by atoms with Gasteiger partial charge in [-0.3, -0.25) is 0 Å². The molecule has 2 N–H and O–H groups in total. The third-order valence-electron chi connectivity index (χ3n) is 2.53. The van der Waals surface area contributed by atoms with Crippen LogP contribution in [0.2, 0.25) is 5.02 Å². The van der Waals surface area contributed by atoms with Crippen molar-refractivity contribution in [3.05, 3.63) is 58.6 Å². The van der Waals surface area contributed by atoms with Gasteiger partial charge in [0.25, 0.3) is 0 Å². The normalized spacial score (nSPS) is 10.6. The van der Waals surface area contributed by atoms with Gasteiger partial charge in [0.15, 0.2) is 11.6 Å². The zero-order valence-electron chi connectivity index (χ0n) is 8.88. The molecule has 0 saturated heterocycles. The maximum Gasteiger partial charge on any atom is 0.166 e. The maximum atomic E-state index is 13.6. The van der Waals surface area contributed by atoms with Gasteiger partial charge in [0, 0.05) is 17.1 Å². The third kappa shape index (κ3) is 2.30. The first kappa shape index (κ1) is 12.0. The average Bonchev–Trinajstić information content (AvgIpc) is 2.34. The molecule has 0 amide bonds. The van der Waals surface area contributed by atoms with Crippen molar-refractivity contribution in [3.63, 3.8) is 0 Å². The second-order valence-corrected chi connectivity index (χ2v) is 4.02. The predicted octanol–water partition coefficient (Wildman–Crippen LogP) is 3.74. The van der Waals surface area contributed by atoms with Crippen LogP contribution in [-0.4, -0.2) is 0 Å². The Kier molecular flexibility index (Phi) is 3.41. The summed E-state index contributed by atoms with van der Waals surface area (Å²) in [5.74, 6) is -1.73. The number of halogens is 3. The molecule has 2 aromatic carbocycles. The van der Waals surface area contributed by atoms with E-state index in [1.54, 1.807) is 18.2 Å². The molecule has 0 saturated carbocycles. The lowest BCUT2D eigenvalue weighted by atomic mass is 10.0. The monoisotopic (exact) mass is 253 g/mol. The van der Waals surface area contributed by atoms with Gasteiger partial charge in [-0.25, -0.2) is 8.78 Å². The summed E-state index contributed by atoms with van der Waals surface area (Å²) in [5.41, 5.74) is 6.98. The highest BCUT2D eigenvalue weighted by molar-refractivity contribution is 6.31. The molecule has 0 aliphatic heterocycles. The second kappa shape index (κ2) is 4.82. The van der Waals surface area contributed by atoms with E-state index in [0.717, 1.165) is 6.07 Å². The van der Waals surface area contributed by atoms with Gasteiger partial charge in [0.2, 0.25) is 0 Å². The van der Waals surface area contributed by atoms with E-state index in [4.69, 9.17) is 17.3 Å². The summed E-state index contributed by atoms with van der Waals surface area (Å²) in [6.45, 7) is 0.254. The second-order valence-electron chi connectivity index (χ2n) is 3.61. The fraction of sp³-hybridized carbons (Fsp3) is 0.0769. The van der Waals surface area contributed by atoms with Gasteiger partial charge in [0.1, 0.15) is 0 Å². The Labute approximate surface area is 103 Å². The lowest BCUT2D eigenvalue weighted by molar-refractivity contribution is 0.511. The lowest BCUT2D eigenvalue weighted by Gasteiger charge is -2.07. The molecule has 2 rings (SSSR count). The quantitative estimate of drug-likeness (QED) is 0.867. The van der Waals surface area contributed by atoms with Crippen molar-refractivity contribution in [2.75, 3.05) is 0 Å². The van der Waals surface area contributed by atoms with Crippen molar-refractivity contribution in [2.45, 2.75) is 6.54 Å². The predicted molar refractivity (Wildman–Crippen MR) is 64.7 cm³/mol. The highest BCUT2D eigenvalue weighted by Gasteiger charge is 2.10. The van der Waals surface area contributed by atoms with Gasteiger partial charge in [-0.2, -0.15) is 0 Å². The minimum atomic E-state index is -0.869. The molecule has 88 valence electrons. The smallest absolute Gasteiger partial charge is 0.166 e. The van der Waals surface area contributed by atoms with E-state index in [0.29, 0.717) is 16.1 Å². The van der Waals surface area contributed by atoms with Crippen LogP contribution in [0.3, 0.4) is 0 Å². The molecule has 0 fully saturated rings. The van der Waals surface area contributed by atoms with Crippen LogP contribution in [0.4, 0.5) is 8.78 Å². The van der Waals surface area contributed by atoms with Crippen LogP contribution in [0.25, 0.3) is 11.1 Å². The number of benzene rings is 2. The van der Waals surface area contributed by atoms with E-state index in [2.05, 4.69) is 0 Å². The van der Waals surface area contributed by atoms with E-state index in [1.165, 1.54) is 12.1 Å². The van der Waals surface area contributed by atoms with Crippen molar-refractivity contribution in [3.8, 4) is 11.1 Å². The molecule has 0 heterocycles. The molecular formula is C13H10ClF2N. The van der Waals surface area contributed by atoms with Crippen molar-refractivity contribution in [1.82, 2.24) is 0 Å². The lowest BCUT2D eigenvalue weighted by Crippen LogP contribution is -1.98. The molecular weight excluding hydrogens is 244 g/mol. The van der Waals surface area contributed by atoms with Gasteiger partial charge < -0.3 is 5.73 Å². The van der Waals surface area contributed by atoms with Crippen molar-refractivity contribution < 1.29 is 8.78 Å². The van der Waals surface area contributed by atoms with E-state index in [9.17, 15) is 8.78 Å². The zero-order chi connectivity index (χ0) is 12.4. The van der Waals surface area contributed by atoms with E-state index in [-0.39, 0.29) is 12.1 Å². The number of rotatable bonds is 2. The first-order valence-electron chi connectivity index (χ1n) is 5.06. The topological polar surface area (TPSA) is 26.0 Å². The number of hydrogen-bond donors (Lipinski definition) is 1. The van der Waals surface area contributed by atoms with Crippen LogP contribution in [0.15, 0.2) is 36.4 Å². The van der Waals surface area contributed by atoms with E-state index in [1.807, 2.05) is 0 Å². The Bertz CT molecular complexity index is 555. The molecule has 0 spiro atoms. The molecule has 0 aliphatic rings. The van der Waals surface area contributed by atoms with Gasteiger partial charge in [-0.05, 0) is 29.3 Å². The molecule has 1 nitrogen and oxygen atoms in total. The summed E-state index contributed by atoms with van der Waals surface area (Å²) in [5, 5.41) is 0.521. The summed E-state index contributed by atoms with van der Waals surface area (Å²) in [4.78, 5) is 0. The summed E-state index contributed by atoms with van der Waals surface area (Å²) < 4.78 is 26.7. The number of nitrogens with two attached hydrogens (primary N) is 1. The minimum absolute atomic E-state index is 0.205. The maximum absolute atomic E-state index is 13.6. The summed E-state index contributed by atoms with van der Waals surface area (Å²) in [6.07, 6.45) is 0. The van der Waals surface area contributed by atoms with Crippen molar-refractivity contribution in [2.24, 2.45) is 5.73 Å². The average molecular weight is 254 g/mol. The Morgan fingerprint density at radius 3 is 2.59 bits per heavy atom. The van der Waals surface area contributed by atoms with Crippen LogP contribution >= 0.6 is 11.6 Å². The molecule has 2 aromatic rings. The van der Waals surface area contributed by atoms with Crippen molar-refractivity contribution >= 4 is 11.6 Å². The highest BCUT2D eigenvalue weighted by Crippen LogP contribution is 2.27. The van der Waals surface area contributed by atoms with Crippen LogP contribution in [-0.2, 0) is 6.54 Å². The van der Waals surface area contributed by atoms with E-state index >= 15 is 0 Å².